The van der Waals surface area contributed by atoms with Crippen LogP contribution in [0.4, 0.5) is 16.0 Å². The molecule has 9 heteroatoms. The number of hydrogen-bond acceptors (Lipinski definition) is 5. The van der Waals surface area contributed by atoms with Crippen LogP contribution in [0.15, 0.2) is 72.3 Å². The van der Waals surface area contributed by atoms with Crippen LogP contribution in [-0.4, -0.2) is 40.9 Å². The Hall–Kier alpha value is -4.17. The fourth-order valence-corrected chi connectivity index (χ4v) is 4.29. The number of anilines is 2. The van der Waals surface area contributed by atoms with Crippen LogP contribution < -0.4 is 9.80 Å². The van der Waals surface area contributed by atoms with E-state index in [9.17, 15) is 19.1 Å². The number of nitrogens with zero attached hydrogens (tertiary/aromatic N) is 3. The quantitative estimate of drug-likeness (QED) is 0.237. The van der Waals surface area contributed by atoms with Crippen molar-refractivity contribution >= 4 is 51.7 Å². The topological polar surface area (TPSA) is 89.5 Å². The van der Waals surface area contributed by atoms with Crippen LogP contribution in [0.2, 0.25) is 5.02 Å². The summed E-state index contributed by atoms with van der Waals surface area (Å²) in [5.41, 5.74) is 2.58. The third kappa shape index (κ3) is 3.91. The average molecular weight is 491 g/mol. The van der Waals surface area contributed by atoms with Crippen molar-refractivity contribution in [3.8, 4) is 0 Å². The monoisotopic (exact) mass is 490 g/mol. The second kappa shape index (κ2) is 8.56. The predicted octanol–water partition coefficient (Wildman–Crippen LogP) is 5.05. The van der Waals surface area contributed by atoms with E-state index in [-0.39, 0.29) is 17.3 Å². The summed E-state index contributed by atoms with van der Waals surface area (Å²) >= 11 is 5.98. The Morgan fingerprint density at radius 2 is 1.74 bits per heavy atom. The van der Waals surface area contributed by atoms with E-state index in [4.69, 9.17) is 11.6 Å². The van der Waals surface area contributed by atoms with Crippen LogP contribution >= 0.6 is 11.6 Å². The van der Waals surface area contributed by atoms with Crippen molar-refractivity contribution in [1.29, 1.82) is 0 Å². The number of nitrogens with one attached hydrogen (secondary N) is 1. The van der Waals surface area contributed by atoms with Crippen molar-refractivity contribution in [3.63, 3.8) is 0 Å². The third-order valence-corrected chi connectivity index (χ3v) is 6.20. The molecule has 1 fully saturated rings. The molecule has 0 bridgehead atoms. The van der Waals surface area contributed by atoms with E-state index < -0.39 is 23.5 Å². The number of ketones is 1. The molecule has 0 aliphatic carbocycles. The van der Waals surface area contributed by atoms with Crippen molar-refractivity contribution in [2.75, 3.05) is 23.9 Å². The van der Waals surface area contributed by atoms with Crippen LogP contribution in [0, 0.1) is 5.82 Å². The summed E-state index contributed by atoms with van der Waals surface area (Å²) in [7, 11) is 3.80. The van der Waals surface area contributed by atoms with E-state index in [1.165, 1.54) is 23.1 Å². The Morgan fingerprint density at radius 3 is 2.40 bits per heavy atom. The summed E-state index contributed by atoms with van der Waals surface area (Å²) in [5.74, 6) is -2.43. The number of hydrogen-bond donors (Lipinski definition) is 2. The standard InChI is InChI=1S/C26H20ClFN4O3/c1-31(2)18-10-5-14(6-11-18)22-21(23(33)15-3-7-16(27)8-4-15)24(34)25(35)32(22)26-29-19-12-9-17(28)13-20(19)30-26/h3-13,22,33H,1-2H3,(H,29,30)/b23-21+. The van der Waals surface area contributed by atoms with Crippen molar-refractivity contribution in [2.45, 2.75) is 6.04 Å². The highest BCUT2D eigenvalue weighted by Crippen LogP contribution is 2.42. The van der Waals surface area contributed by atoms with Gasteiger partial charge in [-0.3, -0.25) is 14.5 Å². The molecule has 0 saturated carbocycles. The molecule has 1 aromatic heterocycles. The minimum absolute atomic E-state index is 0.0737. The molecule has 0 spiro atoms. The largest absolute Gasteiger partial charge is 0.507 e. The van der Waals surface area contributed by atoms with E-state index in [1.807, 2.05) is 31.1 Å². The number of halogens is 2. The number of amides is 1. The van der Waals surface area contributed by atoms with E-state index in [2.05, 4.69) is 9.97 Å². The number of aliphatic hydroxyl groups excluding tert-OH is 1. The number of rotatable bonds is 4. The molecule has 7 nitrogen and oxygen atoms in total. The van der Waals surface area contributed by atoms with Gasteiger partial charge in [-0.2, -0.15) is 0 Å². The number of imidazole rings is 1. The first kappa shape index (κ1) is 22.6. The Labute approximate surface area is 205 Å². The second-order valence-corrected chi connectivity index (χ2v) is 8.82. The molecule has 4 aromatic rings. The number of aliphatic hydroxyl groups is 1. The minimum Gasteiger partial charge on any atom is -0.507 e. The van der Waals surface area contributed by atoms with Gasteiger partial charge in [0.05, 0.1) is 22.6 Å². The zero-order valence-corrected chi connectivity index (χ0v) is 19.5. The van der Waals surface area contributed by atoms with Crippen molar-refractivity contribution in [1.82, 2.24) is 9.97 Å². The maximum Gasteiger partial charge on any atom is 0.302 e. The van der Waals surface area contributed by atoms with Gasteiger partial charge in [0.2, 0.25) is 5.95 Å². The first-order valence-corrected chi connectivity index (χ1v) is 11.1. The Balaban J connectivity index is 1.71. The average Bonchev–Trinajstić information content (AvgIpc) is 3.37. The molecule has 1 unspecified atom stereocenters. The first-order valence-electron chi connectivity index (χ1n) is 10.7. The lowest BCUT2D eigenvalue weighted by atomic mass is 9.95. The molecule has 0 radical (unpaired) electrons. The lowest BCUT2D eigenvalue weighted by molar-refractivity contribution is -0.132. The Morgan fingerprint density at radius 1 is 1.06 bits per heavy atom. The summed E-state index contributed by atoms with van der Waals surface area (Å²) < 4.78 is 13.8. The van der Waals surface area contributed by atoms with Gasteiger partial charge in [-0.1, -0.05) is 23.7 Å². The minimum atomic E-state index is -0.965. The van der Waals surface area contributed by atoms with Gasteiger partial charge in [-0.25, -0.2) is 9.37 Å². The highest BCUT2D eigenvalue weighted by Gasteiger charge is 2.48. The van der Waals surface area contributed by atoms with Gasteiger partial charge < -0.3 is 15.0 Å². The molecule has 35 heavy (non-hydrogen) atoms. The molecule has 1 amide bonds. The summed E-state index contributed by atoms with van der Waals surface area (Å²) in [6, 6.07) is 16.6. The number of benzene rings is 3. The molecule has 176 valence electrons. The number of Topliss-reactive ketones (excluding diaryl/α,β-unsaturated/α-hetero) is 1. The second-order valence-electron chi connectivity index (χ2n) is 8.38. The van der Waals surface area contributed by atoms with Crippen molar-refractivity contribution in [3.05, 3.63) is 94.3 Å². The molecule has 1 aliphatic rings. The number of H-pyrrole nitrogens is 1. The fraction of sp³-hybridized carbons (Fsp3) is 0.115. The first-order chi connectivity index (χ1) is 16.7. The van der Waals surface area contributed by atoms with E-state index in [0.717, 1.165) is 5.69 Å². The molecule has 1 aliphatic heterocycles. The fourth-order valence-electron chi connectivity index (χ4n) is 4.17. The van der Waals surface area contributed by atoms with Gasteiger partial charge >= 0.3 is 5.91 Å². The molecule has 1 saturated heterocycles. The van der Waals surface area contributed by atoms with Gasteiger partial charge in [0, 0.05) is 30.4 Å². The van der Waals surface area contributed by atoms with Crippen molar-refractivity contribution in [2.24, 2.45) is 0 Å². The van der Waals surface area contributed by atoms with E-state index in [0.29, 0.717) is 27.2 Å². The highest BCUT2D eigenvalue weighted by atomic mass is 35.5. The lowest BCUT2D eigenvalue weighted by Gasteiger charge is -2.23. The zero-order valence-electron chi connectivity index (χ0n) is 18.8. The van der Waals surface area contributed by atoms with Gasteiger partial charge in [-0.05, 0) is 60.2 Å². The van der Waals surface area contributed by atoms with Gasteiger partial charge in [0.15, 0.2) is 0 Å². The summed E-state index contributed by atoms with van der Waals surface area (Å²) in [4.78, 5) is 37.0. The molecule has 2 heterocycles. The van der Waals surface area contributed by atoms with Crippen LogP contribution in [0.3, 0.4) is 0 Å². The Bertz CT molecular complexity index is 1490. The molecule has 5 rings (SSSR count). The normalized spacial score (nSPS) is 17.4. The Kier molecular flexibility index (Phi) is 5.53. The van der Waals surface area contributed by atoms with Gasteiger partial charge in [0.25, 0.3) is 5.78 Å². The molecular formula is C26H20ClFN4O3. The van der Waals surface area contributed by atoms with Crippen LogP contribution in [0.1, 0.15) is 17.2 Å². The number of carbonyl (C=O) groups is 2. The SMILES string of the molecule is CN(C)c1ccc(C2/C(=C(\O)c3ccc(Cl)cc3)C(=O)C(=O)N2c2nc3ccc(F)cc3[nH]2)cc1. The lowest BCUT2D eigenvalue weighted by Crippen LogP contribution is -2.30. The number of aromatic amines is 1. The summed E-state index contributed by atoms with van der Waals surface area (Å²) in [5, 5.41) is 11.6. The number of fused-ring (bicyclic) bond motifs is 1. The summed E-state index contributed by atoms with van der Waals surface area (Å²) in [6.07, 6.45) is 0. The molecule has 3 aromatic carbocycles. The van der Waals surface area contributed by atoms with Gasteiger partial charge in [0.1, 0.15) is 11.6 Å². The van der Waals surface area contributed by atoms with Crippen LogP contribution in [0.25, 0.3) is 16.8 Å². The molecule has 1 atom stereocenters. The highest BCUT2D eigenvalue weighted by molar-refractivity contribution is 6.51. The van der Waals surface area contributed by atoms with Crippen LogP contribution in [0.5, 0.6) is 0 Å². The maximum absolute atomic E-state index is 13.8. The smallest absolute Gasteiger partial charge is 0.302 e. The van der Waals surface area contributed by atoms with Gasteiger partial charge in [-0.15, -0.1) is 0 Å². The number of carbonyl (C=O) groups excluding carboxylic acids is 2. The summed E-state index contributed by atoms with van der Waals surface area (Å²) in [6.45, 7) is 0. The predicted molar refractivity (Wildman–Crippen MR) is 133 cm³/mol. The zero-order chi connectivity index (χ0) is 24.9. The molecule has 2 N–H and O–H groups in total. The van der Waals surface area contributed by atoms with E-state index >= 15 is 0 Å². The third-order valence-electron chi connectivity index (χ3n) is 5.95. The van der Waals surface area contributed by atoms with Crippen LogP contribution in [-0.2, 0) is 9.59 Å². The van der Waals surface area contributed by atoms with E-state index in [1.54, 1.807) is 36.4 Å². The maximum atomic E-state index is 13.8. The van der Waals surface area contributed by atoms with Crippen molar-refractivity contribution < 1.29 is 19.1 Å². The number of aromatic nitrogens is 2. The molecular weight excluding hydrogens is 471 g/mol.